The van der Waals surface area contributed by atoms with E-state index in [-0.39, 0.29) is 6.54 Å². The molecule has 1 aromatic carbocycles. The maximum absolute atomic E-state index is 13.1. The Morgan fingerprint density at radius 3 is 2.79 bits per heavy atom. The lowest BCUT2D eigenvalue weighted by molar-refractivity contribution is -0.123. The Bertz CT molecular complexity index is 1240. The number of esters is 1. The summed E-state index contributed by atoms with van der Waals surface area (Å²) in [6.07, 6.45) is 7.32. The minimum atomic E-state index is -0.726. The van der Waals surface area contributed by atoms with Gasteiger partial charge in [-0.2, -0.15) is 0 Å². The summed E-state index contributed by atoms with van der Waals surface area (Å²) >= 11 is 0. The molecule has 4 rings (SSSR count). The molecule has 0 spiro atoms. The van der Waals surface area contributed by atoms with E-state index in [4.69, 9.17) is 14.1 Å². The standard InChI is InChI=1S/C25H23N3O5/c1-2-12-26-25(31)28-21(29)15-33-24(30)22-18-9-3-4-11-20(18)27-23-16(7-5-10-19(22)23)14-17-8-6-13-32-17/h2-4,6,8-9,11,13-14H,1,5,7,10,12,15H2,(H2,26,28,29,31)/b16-14+. The Labute approximate surface area is 190 Å². The van der Waals surface area contributed by atoms with Crippen molar-refractivity contribution in [3.8, 4) is 0 Å². The average molecular weight is 445 g/mol. The second-order valence-electron chi connectivity index (χ2n) is 7.49. The van der Waals surface area contributed by atoms with E-state index in [9.17, 15) is 14.4 Å². The summed E-state index contributed by atoms with van der Waals surface area (Å²) < 4.78 is 10.8. The molecule has 2 aromatic heterocycles. The lowest BCUT2D eigenvalue weighted by atomic mass is 9.86. The van der Waals surface area contributed by atoms with Crippen molar-refractivity contribution in [3.63, 3.8) is 0 Å². The predicted molar refractivity (Wildman–Crippen MR) is 123 cm³/mol. The second kappa shape index (κ2) is 9.95. The number of rotatable bonds is 6. The predicted octanol–water partition coefficient (Wildman–Crippen LogP) is 3.87. The molecule has 0 aliphatic heterocycles. The van der Waals surface area contributed by atoms with E-state index in [2.05, 4.69) is 17.2 Å². The number of urea groups is 1. The highest BCUT2D eigenvalue weighted by atomic mass is 16.5. The molecule has 0 bridgehead atoms. The molecule has 1 aliphatic rings. The molecule has 2 heterocycles. The molecule has 3 amide bonds. The lowest BCUT2D eigenvalue weighted by Crippen LogP contribution is -2.41. The second-order valence-corrected chi connectivity index (χ2v) is 7.49. The number of nitrogens with one attached hydrogen (secondary N) is 2. The van der Waals surface area contributed by atoms with E-state index < -0.39 is 24.5 Å². The monoisotopic (exact) mass is 445 g/mol. The van der Waals surface area contributed by atoms with E-state index in [0.29, 0.717) is 28.6 Å². The van der Waals surface area contributed by atoms with Gasteiger partial charge >= 0.3 is 12.0 Å². The maximum Gasteiger partial charge on any atom is 0.339 e. The molecule has 8 heteroatoms. The van der Waals surface area contributed by atoms with Gasteiger partial charge in [0.15, 0.2) is 6.61 Å². The van der Waals surface area contributed by atoms with Gasteiger partial charge in [0.1, 0.15) is 5.76 Å². The molecular formula is C25H23N3O5. The van der Waals surface area contributed by atoms with Gasteiger partial charge in [-0.15, -0.1) is 6.58 Å². The van der Waals surface area contributed by atoms with Crippen LogP contribution in [0.4, 0.5) is 4.79 Å². The first-order valence-electron chi connectivity index (χ1n) is 10.6. The van der Waals surface area contributed by atoms with Crippen molar-refractivity contribution >= 4 is 40.5 Å². The summed E-state index contributed by atoms with van der Waals surface area (Å²) in [6, 6.07) is 10.3. The molecular weight excluding hydrogens is 422 g/mol. The lowest BCUT2D eigenvalue weighted by Gasteiger charge is -2.22. The van der Waals surface area contributed by atoms with Gasteiger partial charge in [0.2, 0.25) is 0 Å². The van der Waals surface area contributed by atoms with Crippen LogP contribution in [0.2, 0.25) is 0 Å². The van der Waals surface area contributed by atoms with Gasteiger partial charge in [-0.05, 0) is 54.7 Å². The summed E-state index contributed by atoms with van der Waals surface area (Å²) in [4.78, 5) is 41.6. The number of carbonyl (C=O) groups excluding carboxylic acids is 3. The van der Waals surface area contributed by atoms with Gasteiger partial charge in [-0.1, -0.05) is 24.3 Å². The van der Waals surface area contributed by atoms with Gasteiger partial charge in [0.05, 0.1) is 23.0 Å². The molecule has 2 N–H and O–H groups in total. The molecule has 0 atom stereocenters. The minimum absolute atomic E-state index is 0.210. The first-order chi connectivity index (χ1) is 16.1. The van der Waals surface area contributed by atoms with Crippen LogP contribution in [0.15, 0.2) is 59.7 Å². The average Bonchev–Trinajstić information content (AvgIpc) is 3.33. The van der Waals surface area contributed by atoms with Crippen molar-refractivity contribution in [1.29, 1.82) is 0 Å². The highest BCUT2D eigenvalue weighted by Gasteiger charge is 2.26. The number of furan rings is 1. The van der Waals surface area contributed by atoms with Crippen LogP contribution in [0.25, 0.3) is 22.6 Å². The van der Waals surface area contributed by atoms with Gasteiger partial charge in [0.25, 0.3) is 5.91 Å². The number of allylic oxidation sites excluding steroid dienone is 1. The Hall–Kier alpha value is -4.20. The smallest absolute Gasteiger partial charge is 0.339 e. The summed E-state index contributed by atoms with van der Waals surface area (Å²) in [5, 5.41) is 5.18. The maximum atomic E-state index is 13.1. The van der Waals surface area contributed by atoms with Gasteiger partial charge in [-0.3, -0.25) is 10.1 Å². The number of imide groups is 1. The molecule has 0 radical (unpaired) electrons. The van der Waals surface area contributed by atoms with Crippen LogP contribution in [-0.2, 0) is 16.0 Å². The van der Waals surface area contributed by atoms with Crippen LogP contribution in [0.1, 0.15) is 40.2 Å². The highest BCUT2D eigenvalue weighted by molar-refractivity contribution is 6.07. The first-order valence-corrected chi connectivity index (χ1v) is 10.6. The van der Waals surface area contributed by atoms with Crippen molar-refractivity contribution < 1.29 is 23.5 Å². The van der Waals surface area contributed by atoms with E-state index in [1.54, 1.807) is 6.26 Å². The third kappa shape index (κ3) is 5.01. The molecule has 0 unspecified atom stereocenters. The third-order valence-electron chi connectivity index (χ3n) is 5.23. The molecule has 0 fully saturated rings. The molecule has 8 nitrogen and oxygen atoms in total. The normalized spacial score (nSPS) is 13.9. The molecule has 3 aromatic rings. The zero-order valence-corrected chi connectivity index (χ0v) is 17.9. The van der Waals surface area contributed by atoms with Crippen molar-refractivity contribution in [2.24, 2.45) is 0 Å². The van der Waals surface area contributed by atoms with Crippen LogP contribution in [0, 0.1) is 0 Å². The molecule has 0 saturated carbocycles. The Morgan fingerprint density at radius 2 is 2.00 bits per heavy atom. The number of ether oxygens (including phenoxy) is 1. The molecule has 168 valence electrons. The van der Waals surface area contributed by atoms with Crippen molar-refractivity contribution in [1.82, 2.24) is 15.6 Å². The van der Waals surface area contributed by atoms with Crippen LogP contribution in [-0.4, -0.2) is 36.0 Å². The van der Waals surface area contributed by atoms with Crippen LogP contribution in [0.5, 0.6) is 0 Å². The van der Waals surface area contributed by atoms with Crippen molar-refractivity contribution in [3.05, 3.63) is 77.9 Å². The zero-order valence-electron chi connectivity index (χ0n) is 17.9. The van der Waals surface area contributed by atoms with Crippen molar-refractivity contribution in [2.45, 2.75) is 19.3 Å². The van der Waals surface area contributed by atoms with Crippen LogP contribution < -0.4 is 10.6 Å². The summed E-state index contributed by atoms with van der Waals surface area (Å²) in [5.41, 5.74) is 3.54. The number of nitrogens with zero attached hydrogens (tertiary/aromatic N) is 1. The van der Waals surface area contributed by atoms with Gasteiger partial charge in [-0.25, -0.2) is 14.6 Å². The number of benzene rings is 1. The molecule has 1 aliphatic carbocycles. The first kappa shape index (κ1) is 22.0. The third-order valence-corrected chi connectivity index (χ3v) is 5.23. The number of fused-ring (bicyclic) bond motifs is 2. The van der Waals surface area contributed by atoms with Crippen molar-refractivity contribution in [2.75, 3.05) is 13.2 Å². The number of pyridine rings is 1. The number of hydrogen-bond donors (Lipinski definition) is 2. The fraction of sp³-hybridized carbons (Fsp3) is 0.200. The summed E-state index contributed by atoms with van der Waals surface area (Å²) in [7, 11) is 0. The molecule has 0 saturated heterocycles. The molecule has 33 heavy (non-hydrogen) atoms. The zero-order chi connectivity index (χ0) is 23.2. The number of carbonyl (C=O) groups is 3. The number of hydrogen-bond acceptors (Lipinski definition) is 6. The minimum Gasteiger partial charge on any atom is -0.465 e. The van der Waals surface area contributed by atoms with Gasteiger partial charge < -0.3 is 14.5 Å². The topological polar surface area (TPSA) is 111 Å². The fourth-order valence-electron chi connectivity index (χ4n) is 3.83. The van der Waals surface area contributed by atoms with E-state index >= 15 is 0 Å². The quantitative estimate of drug-likeness (QED) is 0.440. The summed E-state index contributed by atoms with van der Waals surface area (Å²) in [6.45, 7) is 3.11. The van der Waals surface area contributed by atoms with E-state index in [1.807, 2.05) is 42.5 Å². The fourth-order valence-corrected chi connectivity index (χ4v) is 3.83. The van der Waals surface area contributed by atoms with E-state index in [1.165, 1.54) is 6.08 Å². The Balaban J connectivity index is 1.63. The number of amides is 3. The largest absolute Gasteiger partial charge is 0.465 e. The summed E-state index contributed by atoms with van der Waals surface area (Å²) in [5.74, 6) is -0.648. The highest BCUT2D eigenvalue weighted by Crippen LogP contribution is 2.36. The van der Waals surface area contributed by atoms with Gasteiger partial charge in [0, 0.05) is 11.9 Å². The number of aromatic nitrogens is 1. The van der Waals surface area contributed by atoms with E-state index in [0.717, 1.165) is 29.7 Å². The van der Waals surface area contributed by atoms with Crippen LogP contribution >= 0.6 is 0 Å². The Morgan fingerprint density at radius 1 is 1.15 bits per heavy atom. The van der Waals surface area contributed by atoms with Crippen LogP contribution in [0.3, 0.4) is 0 Å². The number of para-hydroxylation sites is 1. The SMILES string of the molecule is C=CCNC(=O)NC(=O)COC(=O)c1c2c(nc3ccccc13)/C(=C/c1ccco1)CCC2. The Kier molecular flexibility index (Phi) is 6.64.